The van der Waals surface area contributed by atoms with Crippen LogP contribution in [0, 0.1) is 6.08 Å². The molecule has 0 aliphatic heterocycles. The summed E-state index contributed by atoms with van der Waals surface area (Å²) in [4.78, 5) is 0. The van der Waals surface area contributed by atoms with E-state index in [0.29, 0.717) is 0 Å². The molecule has 0 heterocycles. The van der Waals surface area contributed by atoms with E-state index in [2.05, 4.69) is 46.3 Å². The summed E-state index contributed by atoms with van der Waals surface area (Å²) in [5, 5.41) is 0. The molecular weight excluding hydrogens is 188 g/mol. The molecule has 0 unspecified atom stereocenters. The van der Waals surface area contributed by atoms with Gasteiger partial charge in [-0.3, -0.25) is 0 Å². The highest BCUT2D eigenvalue weighted by Gasteiger charge is 2.03. The van der Waals surface area contributed by atoms with Gasteiger partial charge in [-0.15, -0.1) is 0 Å². The van der Waals surface area contributed by atoms with Gasteiger partial charge in [0.25, 0.3) is 0 Å². The first kappa shape index (κ1) is 6.17. The van der Waals surface area contributed by atoms with E-state index >= 15 is 0 Å². The van der Waals surface area contributed by atoms with E-state index in [1.54, 1.807) is 0 Å². The lowest BCUT2D eigenvalue weighted by atomic mass is 10.1. The standard InChI is InChI=1S/C9H6Br/c10-9-5-4-7-2-1-3-8(7)6-9/h1,4-6H,2H2. The SMILES string of the molecule is Brc1ccc2c(c1)[C]=CC2. The zero-order chi connectivity index (χ0) is 6.97. The van der Waals surface area contributed by atoms with Gasteiger partial charge in [0.05, 0.1) is 0 Å². The molecule has 0 amide bonds. The molecule has 1 radical (unpaired) electrons. The smallest absolute Gasteiger partial charge is 0.0181 e. The molecule has 49 valence electrons. The molecule has 0 fully saturated rings. The topological polar surface area (TPSA) is 0 Å². The zero-order valence-corrected chi connectivity index (χ0v) is 6.98. The van der Waals surface area contributed by atoms with Gasteiger partial charge in [0.15, 0.2) is 0 Å². The molecule has 1 heteroatoms. The molecule has 1 aliphatic carbocycles. The van der Waals surface area contributed by atoms with Gasteiger partial charge >= 0.3 is 0 Å². The van der Waals surface area contributed by atoms with Crippen LogP contribution in [0.1, 0.15) is 11.1 Å². The van der Waals surface area contributed by atoms with Crippen LogP contribution in [0.3, 0.4) is 0 Å². The first-order chi connectivity index (χ1) is 4.86. The molecule has 10 heavy (non-hydrogen) atoms. The maximum atomic E-state index is 3.41. The number of halogens is 1. The van der Waals surface area contributed by atoms with Crippen LogP contribution in [0.2, 0.25) is 0 Å². The summed E-state index contributed by atoms with van der Waals surface area (Å²) < 4.78 is 1.13. The van der Waals surface area contributed by atoms with Crippen molar-refractivity contribution in [3.05, 3.63) is 46.0 Å². The highest BCUT2D eigenvalue weighted by molar-refractivity contribution is 9.10. The monoisotopic (exact) mass is 193 g/mol. The summed E-state index contributed by atoms with van der Waals surface area (Å²) in [6.07, 6.45) is 6.30. The third kappa shape index (κ3) is 0.907. The fourth-order valence-corrected chi connectivity index (χ4v) is 1.49. The Morgan fingerprint density at radius 2 is 2.30 bits per heavy atom. The fraction of sp³-hybridized carbons (Fsp3) is 0.111. The van der Waals surface area contributed by atoms with Crippen molar-refractivity contribution in [2.24, 2.45) is 0 Å². The van der Waals surface area contributed by atoms with E-state index in [1.807, 2.05) is 0 Å². The first-order valence-corrected chi connectivity index (χ1v) is 4.02. The van der Waals surface area contributed by atoms with Gasteiger partial charge < -0.3 is 0 Å². The predicted molar refractivity (Wildman–Crippen MR) is 44.8 cm³/mol. The minimum Gasteiger partial charge on any atom is -0.0716 e. The van der Waals surface area contributed by atoms with Crippen molar-refractivity contribution in [1.82, 2.24) is 0 Å². The van der Waals surface area contributed by atoms with E-state index in [-0.39, 0.29) is 0 Å². The molecular formula is C9H6Br. The number of hydrogen-bond donors (Lipinski definition) is 0. The lowest BCUT2D eigenvalue weighted by Crippen LogP contribution is -1.79. The Morgan fingerprint density at radius 1 is 1.40 bits per heavy atom. The van der Waals surface area contributed by atoms with Crippen molar-refractivity contribution in [3.8, 4) is 0 Å². The summed E-state index contributed by atoms with van der Waals surface area (Å²) >= 11 is 3.41. The van der Waals surface area contributed by atoms with Crippen LogP contribution in [0.25, 0.3) is 0 Å². The van der Waals surface area contributed by atoms with E-state index in [1.165, 1.54) is 11.1 Å². The van der Waals surface area contributed by atoms with Gasteiger partial charge in [-0.1, -0.05) is 28.1 Å². The highest BCUT2D eigenvalue weighted by Crippen LogP contribution is 2.21. The molecule has 0 aromatic heterocycles. The number of fused-ring (bicyclic) bond motifs is 1. The second-order valence-corrected chi connectivity index (χ2v) is 3.27. The van der Waals surface area contributed by atoms with Crippen LogP contribution >= 0.6 is 15.9 Å². The summed E-state index contributed by atoms with van der Waals surface area (Å²) in [6.45, 7) is 0. The molecule has 0 saturated heterocycles. The van der Waals surface area contributed by atoms with Crippen molar-refractivity contribution >= 4 is 15.9 Å². The third-order valence-electron chi connectivity index (χ3n) is 1.65. The van der Waals surface area contributed by atoms with Crippen molar-refractivity contribution in [2.45, 2.75) is 6.42 Å². The summed E-state index contributed by atoms with van der Waals surface area (Å²) in [5.41, 5.74) is 2.61. The maximum absolute atomic E-state index is 3.41. The molecule has 0 N–H and O–H groups in total. The molecule has 0 bridgehead atoms. The number of benzene rings is 1. The van der Waals surface area contributed by atoms with Crippen molar-refractivity contribution in [2.75, 3.05) is 0 Å². The lowest BCUT2D eigenvalue weighted by molar-refractivity contribution is 1.31. The van der Waals surface area contributed by atoms with Gasteiger partial charge in [-0.05, 0) is 35.8 Å². The van der Waals surface area contributed by atoms with Gasteiger partial charge in [0.2, 0.25) is 0 Å². The Kier molecular flexibility index (Phi) is 1.38. The second-order valence-electron chi connectivity index (χ2n) is 2.35. The lowest BCUT2D eigenvalue weighted by Gasteiger charge is -1.96. The number of allylic oxidation sites excluding steroid dienone is 1. The van der Waals surface area contributed by atoms with Crippen molar-refractivity contribution in [1.29, 1.82) is 0 Å². The largest absolute Gasteiger partial charge is 0.0716 e. The minimum atomic E-state index is 1.04. The average molecular weight is 194 g/mol. The Bertz CT molecular complexity index is 287. The quantitative estimate of drug-likeness (QED) is 0.595. The van der Waals surface area contributed by atoms with Crippen molar-refractivity contribution < 1.29 is 0 Å². The van der Waals surface area contributed by atoms with Gasteiger partial charge in [0.1, 0.15) is 0 Å². The van der Waals surface area contributed by atoms with E-state index in [4.69, 9.17) is 0 Å². The van der Waals surface area contributed by atoms with Crippen LogP contribution in [0.5, 0.6) is 0 Å². The van der Waals surface area contributed by atoms with Gasteiger partial charge in [-0.25, -0.2) is 0 Å². The van der Waals surface area contributed by atoms with E-state index < -0.39 is 0 Å². The molecule has 2 rings (SSSR count). The number of hydrogen-bond acceptors (Lipinski definition) is 0. The molecule has 1 aromatic rings. The Labute approximate surface area is 68.7 Å². The summed E-state index contributed by atoms with van der Waals surface area (Å²) in [6, 6.07) is 6.30. The second kappa shape index (κ2) is 2.24. The molecule has 1 aliphatic rings. The molecule has 0 atom stereocenters. The Morgan fingerprint density at radius 3 is 3.20 bits per heavy atom. The highest BCUT2D eigenvalue weighted by atomic mass is 79.9. The number of rotatable bonds is 0. The van der Waals surface area contributed by atoms with Gasteiger partial charge in [0, 0.05) is 4.47 Å². The molecule has 0 spiro atoms. The molecule has 0 nitrogen and oxygen atoms in total. The zero-order valence-electron chi connectivity index (χ0n) is 5.39. The first-order valence-electron chi connectivity index (χ1n) is 3.23. The van der Waals surface area contributed by atoms with E-state index in [0.717, 1.165) is 10.9 Å². The maximum Gasteiger partial charge on any atom is 0.0181 e. The van der Waals surface area contributed by atoms with Crippen LogP contribution in [0.15, 0.2) is 28.7 Å². The Hall–Kier alpha value is -0.560. The minimum absolute atomic E-state index is 1.04. The molecule has 1 aromatic carbocycles. The third-order valence-corrected chi connectivity index (χ3v) is 2.14. The van der Waals surface area contributed by atoms with Crippen LogP contribution in [-0.2, 0) is 6.42 Å². The van der Waals surface area contributed by atoms with E-state index in [9.17, 15) is 0 Å². The van der Waals surface area contributed by atoms with Crippen LogP contribution in [0.4, 0.5) is 0 Å². The summed E-state index contributed by atoms with van der Waals surface area (Å²) in [5.74, 6) is 0. The van der Waals surface area contributed by atoms with Crippen LogP contribution < -0.4 is 0 Å². The normalized spacial score (nSPS) is 13.7. The van der Waals surface area contributed by atoms with Crippen LogP contribution in [-0.4, -0.2) is 0 Å². The summed E-state index contributed by atoms with van der Waals surface area (Å²) in [7, 11) is 0. The average Bonchev–Trinajstić information content (AvgIpc) is 2.33. The molecule has 0 saturated carbocycles. The predicted octanol–water partition coefficient (Wildman–Crippen LogP) is 2.71. The Balaban J connectivity index is 2.60. The van der Waals surface area contributed by atoms with Crippen molar-refractivity contribution in [3.63, 3.8) is 0 Å². The fourth-order valence-electron chi connectivity index (χ4n) is 1.13. The van der Waals surface area contributed by atoms with Gasteiger partial charge in [-0.2, -0.15) is 0 Å².